The second-order valence-corrected chi connectivity index (χ2v) is 6.88. The maximum atomic E-state index is 11.3. The summed E-state index contributed by atoms with van der Waals surface area (Å²) in [7, 11) is 3.53. The maximum Gasteiger partial charge on any atom is 0.409 e. The van der Waals surface area contributed by atoms with E-state index in [1.54, 1.807) is 19.1 Å². The lowest BCUT2D eigenvalue weighted by Gasteiger charge is -2.36. The molecule has 8 heteroatoms. The summed E-state index contributed by atoms with van der Waals surface area (Å²) in [6.07, 6.45) is 3.14. The predicted molar refractivity (Wildman–Crippen MR) is 113 cm³/mol. The Morgan fingerprint density at radius 2 is 1.81 bits per heavy atom. The van der Waals surface area contributed by atoms with Gasteiger partial charge in [-0.15, -0.1) is 24.8 Å². The number of hydrogen-bond acceptors (Lipinski definition) is 5. The highest BCUT2D eigenvalue weighted by Crippen LogP contribution is 2.28. The van der Waals surface area contributed by atoms with E-state index in [0.717, 1.165) is 64.3 Å². The first kappa shape index (κ1) is 23.7. The van der Waals surface area contributed by atoms with Crippen molar-refractivity contribution in [1.29, 1.82) is 0 Å². The number of piperazine rings is 1. The standard InChI is InChI=1S/C19H29N3O3.2ClH/c1-20-15-16(25-19(20)23)7-5-6-10-21-11-13-22(14-12-21)17-8-3-4-9-18(17)24-2;;/h3-4,8-9,16H,5-7,10-15H2,1-2H3;2*1H. The van der Waals surface area contributed by atoms with Gasteiger partial charge in [0, 0.05) is 33.2 Å². The summed E-state index contributed by atoms with van der Waals surface area (Å²) < 4.78 is 10.8. The summed E-state index contributed by atoms with van der Waals surface area (Å²) in [5, 5.41) is 0. The zero-order valence-corrected chi connectivity index (χ0v) is 17.8. The van der Waals surface area contributed by atoms with Crippen LogP contribution in [-0.2, 0) is 4.74 Å². The summed E-state index contributed by atoms with van der Waals surface area (Å²) in [5.74, 6) is 0.951. The van der Waals surface area contributed by atoms with Crippen LogP contribution in [0.5, 0.6) is 5.75 Å². The van der Waals surface area contributed by atoms with Crippen molar-refractivity contribution in [2.24, 2.45) is 0 Å². The van der Waals surface area contributed by atoms with Crippen LogP contribution in [0.4, 0.5) is 10.5 Å². The minimum Gasteiger partial charge on any atom is -0.495 e. The van der Waals surface area contributed by atoms with Crippen molar-refractivity contribution < 1.29 is 14.3 Å². The minimum absolute atomic E-state index is 0. The van der Waals surface area contributed by atoms with Gasteiger partial charge in [0.05, 0.1) is 19.3 Å². The van der Waals surface area contributed by atoms with Crippen LogP contribution >= 0.6 is 24.8 Å². The predicted octanol–water partition coefficient (Wildman–Crippen LogP) is 3.28. The van der Waals surface area contributed by atoms with Crippen LogP contribution in [0, 0.1) is 0 Å². The molecule has 3 rings (SSSR count). The van der Waals surface area contributed by atoms with Crippen molar-refractivity contribution >= 4 is 36.6 Å². The molecule has 1 aromatic rings. The largest absolute Gasteiger partial charge is 0.495 e. The molecule has 0 N–H and O–H groups in total. The molecule has 0 bridgehead atoms. The summed E-state index contributed by atoms with van der Waals surface area (Å²) in [6, 6.07) is 8.23. The molecule has 2 aliphatic heterocycles. The first-order chi connectivity index (χ1) is 12.2. The van der Waals surface area contributed by atoms with Crippen LogP contribution in [0.2, 0.25) is 0 Å². The van der Waals surface area contributed by atoms with E-state index < -0.39 is 0 Å². The second kappa shape index (κ2) is 11.5. The zero-order valence-electron chi connectivity index (χ0n) is 16.1. The monoisotopic (exact) mass is 419 g/mol. The van der Waals surface area contributed by atoms with Gasteiger partial charge < -0.3 is 19.3 Å². The fraction of sp³-hybridized carbons (Fsp3) is 0.632. The Morgan fingerprint density at radius 1 is 1.11 bits per heavy atom. The molecule has 2 heterocycles. The van der Waals surface area contributed by atoms with E-state index in [4.69, 9.17) is 9.47 Å². The molecule has 0 spiro atoms. The summed E-state index contributed by atoms with van der Waals surface area (Å²) in [4.78, 5) is 17.9. The number of benzene rings is 1. The van der Waals surface area contributed by atoms with Gasteiger partial charge in [-0.05, 0) is 37.9 Å². The van der Waals surface area contributed by atoms with Crippen molar-refractivity contribution in [2.75, 3.05) is 58.3 Å². The average Bonchev–Trinajstić information content (AvgIpc) is 2.97. The fourth-order valence-corrected chi connectivity index (χ4v) is 3.61. The van der Waals surface area contributed by atoms with Gasteiger partial charge in [-0.2, -0.15) is 0 Å². The van der Waals surface area contributed by atoms with Crippen molar-refractivity contribution in [3.05, 3.63) is 24.3 Å². The second-order valence-electron chi connectivity index (χ2n) is 6.88. The highest BCUT2D eigenvalue weighted by Gasteiger charge is 2.27. The first-order valence-electron chi connectivity index (χ1n) is 9.19. The third-order valence-corrected chi connectivity index (χ3v) is 5.11. The smallest absolute Gasteiger partial charge is 0.409 e. The topological polar surface area (TPSA) is 45.2 Å². The number of carbonyl (C=O) groups excluding carboxylic acids is 1. The number of methoxy groups -OCH3 is 1. The molecule has 2 aliphatic rings. The lowest BCUT2D eigenvalue weighted by Crippen LogP contribution is -2.46. The van der Waals surface area contributed by atoms with E-state index in [1.807, 2.05) is 12.1 Å². The molecular formula is C19H31Cl2N3O3. The van der Waals surface area contributed by atoms with Crippen molar-refractivity contribution in [3.63, 3.8) is 0 Å². The number of ether oxygens (including phenoxy) is 2. The number of carbonyl (C=O) groups is 1. The first-order valence-corrected chi connectivity index (χ1v) is 9.19. The number of likely N-dealkylation sites (N-methyl/N-ethyl adjacent to an activating group) is 1. The van der Waals surface area contributed by atoms with Crippen LogP contribution in [0.25, 0.3) is 0 Å². The van der Waals surface area contributed by atoms with E-state index in [1.165, 1.54) is 5.69 Å². The SMILES string of the molecule is COc1ccccc1N1CCN(CCCCC2CN(C)C(=O)O2)CC1.Cl.Cl. The van der Waals surface area contributed by atoms with Gasteiger partial charge in [0.15, 0.2) is 0 Å². The Labute approximate surface area is 174 Å². The van der Waals surface area contributed by atoms with Crippen LogP contribution < -0.4 is 9.64 Å². The molecule has 2 fully saturated rings. The third kappa shape index (κ3) is 6.33. The number of hydrogen-bond donors (Lipinski definition) is 0. The lowest BCUT2D eigenvalue weighted by molar-refractivity contribution is 0.128. The number of halogens is 2. The quantitative estimate of drug-likeness (QED) is 0.634. The number of rotatable bonds is 7. The molecule has 6 nitrogen and oxygen atoms in total. The highest BCUT2D eigenvalue weighted by atomic mass is 35.5. The minimum atomic E-state index is -0.183. The normalized spacial score (nSPS) is 19.9. The Bertz CT molecular complexity index is 583. The molecule has 27 heavy (non-hydrogen) atoms. The summed E-state index contributed by atoms with van der Waals surface area (Å²) in [5.41, 5.74) is 1.19. The van der Waals surface area contributed by atoms with E-state index in [-0.39, 0.29) is 37.0 Å². The zero-order chi connectivity index (χ0) is 17.6. The average molecular weight is 420 g/mol. The molecule has 0 aromatic heterocycles. The Morgan fingerprint density at radius 3 is 2.44 bits per heavy atom. The van der Waals surface area contributed by atoms with Gasteiger partial charge in [-0.25, -0.2) is 4.79 Å². The van der Waals surface area contributed by atoms with E-state index >= 15 is 0 Å². The van der Waals surface area contributed by atoms with E-state index in [0.29, 0.717) is 0 Å². The third-order valence-electron chi connectivity index (χ3n) is 5.11. The molecule has 154 valence electrons. The number of unbranched alkanes of at least 4 members (excludes halogenated alkanes) is 1. The van der Waals surface area contributed by atoms with E-state index in [2.05, 4.69) is 21.9 Å². The van der Waals surface area contributed by atoms with Gasteiger partial charge in [-0.3, -0.25) is 4.90 Å². The summed E-state index contributed by atoms with van der Waals surface area (Å²) >= 11 is 0. The Hall–Kier alpha value is -1.37. The maximum absolute atomic E-state index is 11.3. The van der Waals surface area contributed by atoms with E-state index in [9.17, 15) is 4.79 Å². The number of nitrogens with zero attached hydrogens (tertiary/aromatic N) is 3. The number of para-hydroxylation sites is 2. The Kier molecular flexibility index (Phi) is 10.1. The molecule has 2 saturated heterocycles. The van der Waals surface area contributed by atoms with Crippen molar-refractivity contribution in [1.82, 2.24) is 9.80 Å². The molecule has 0 radical (unpaired) electrons. The Balaban J connectivity index is 0.00000182. The van der Waals surface area contributed by atoms with Crippen molar-refractivity contribution in [2.45, 2.75) is 25.4 Å². The highest BCUT2D eigenvalue weighted by molar-refractivity contribution is 5.85. The van der Waals surface area contributed by atoms with Crippen LogP contribution in [0.1, 0.15) is 19.3 Å². The van der Waals surface area contributed by atoms with Gasteiger partial charge in [-0.1, -0.05) is 12.1 Å². The molecule has 0 aliphatic carbocycles. The summed E-state index contributed by atoms with van der Waals surface area (Å²) in [6.45, 7) is 6.09. The van der Waals surface area contributed by atoms with Crippen LogP contribution in [0.3, 0.4) is 0 Å². The molecule has 1 aromatic carbocycles. The molecular weight excluding hydrogens is 389 g/mol. The number of anilines is 1. The molecule has 0 saturated carbocycles. The van der Waals surface area contributed by atoms with Crippen LogP contribution in [-0.4, -0.2) is 75.4 Å². The van der Waals surface area contributed by atoms with Crippen LogP contribution in [0.15, 0.2) is 24.3 Å². The fourth-order valence-electron chi connectivity index (χ4n) is 3.61. The van der Waals surface area contributed by atoms with Gasteiger partial charge in [0.25, 0.3) is 0 Å². The number of cyclic esters (lactones) is 1. The molecule has 1 unspecified atom stereocenters. The molecule has 1 atom stereocenters. The lowest BCUT2D eigenvalue weighted by atomic mass is 10.1. The molecule has 1 amide bonds. The van der Waals surface area contributed by atoms with Gasteiger partial charge in [0.1, 0.15) is 11.9 Å². The number of amides is 1. The van der Waals surface area contributed by atoms with Gasteiger partial charge >= 0.3 is 6.09 Å². The van der Waals surface area contributed by atoms with Crippen molar-refractivity contribution in [3.8, 4) is 5.75 Å². The van der Waals surface area contributed by atoms with Gasteiger partial charge in [0.2, 0.25) is 0 Å².